The molecule has 1 amide bonds. The Balaban J connectivity index is 2.37. The van der Waals surface area contributed by atoms with Gasteiger partial charge in [-0.05, 0) is 25.7 Å². The molecule has 0 radical (unpaired) electrons. The molecule has 0 saturated carbocycles. The lowest BCUT2D eigenvalue weighted by Gasteiger charge is -2.34. The first-order valence-corrected chi connectivity index (χ1v) is 8.63. The number of halogens is 3. The number of alkyl halides is 3. The Morgan fingerprint density at radius 3 is 2.29 bits per heavy atom. The Bertz CT molecular complexity index is 414. The van der Waals surface area contributed by atoms with Crippen LogP contribution in [-0.4, -0.2) is 55.7 Å². The van der Waals surface area contributed by atoms with Crippen molar-refractivity contribution in [1.82, 2.24) is 15.5 Å². The summed E-state index contributed by atoms with van der Waals surface area (Å²) in [5.41, 5.74) is 0. The van der Waals surface area contributed by atoms with Crippen LogP contribution >= 0.6 is 0 Å². The number of hydrogen-bond donors (Lipinski definition) is 2. The van der Waals surface area contributed by atoms with Gasteiger partial charge in [-0.15, -0.1) is 0 Å². The highest BCUT2D eigenvalue weighted by molar-refractivity contribution is 5.80. The molecule has 24 heavy (non-hydrogen) atoms. The predicted molar refractivity (Wildman–Crippen MR) is 88.8 cm³/mol. The van der Waals surface area contributed by atoms with Gasteiger partial charge in [0.25, 0.3) is 0 Å². The molecule has 1 fully saturated rings. The van der Waals surface area contributed by atoms with E-state index < -0.39 is 12.6 Å². The molecule has 1 heterocycles. The van der Waals surface area contributed by atoms with Crippen LogP contribution in [0.25, 0.3) is 0 Å². The lowest BCUT2D eigenvalue weighted by atomic mass is 9.98. The number of carbonyl (C=O) groups is 1. The summed E-state index contributed by atoms with van der Waals surface area (Å²) >= 11 is 0. The van der Waals surface area contributed by atoms with Crippen molar-refractivity contribution in [2.45, 2.75) is 58.2 Å². The van der Waals surface area contributed by atoms with Gasteiger partial charge in [0.2, 0.25) is 5.91 Å². The van der Waals surface area contributed by atoms with Crippen molar-refractivity contribution in [3.05, 3.63) is 0 Å². The summed E-state index contributed by atoms with van der Waals surface area (Å²) < 4.78 is 36.5. The Morgan fingerprint density at radius 1 is 1.25 bits per heavy atom. The third-order valence-corrected chi connectivity index (χ3v) is 4.41. The Hall–Kier alpha value is -1.47. The second-order valence-corrected chi connectivity index (χ2v) is 6.12. The monoisotopic (exact) mass is 350 g/mol. The molecule has 0 spiro atoms. The second kappa shape index (κ2) is 9.74. The van der Waals surface area contributed by atoms with E-state index in [-0.39, 0.29) is 24.4 Å². The zero-order valence-electron chi connectivity index (χ0n) is 14.7. The van der Waals surface area contributed by atoms with Crippen LogP contribution in [0.1, 0.15) is 46.0 Å². The summed E-state index contributed by atoms with van der Waals surface area (Å²) in [5.74, 6) is 0.682. The molecule has 0 aromatic heterocycles. The molecule has 5 nitrogen and oxygen atoms in total. The first-order valence-electron chi connectivity index (χ1n) is 8.63. The topological polar surface area (TPSA) is 56.7 Å². The average molecular weight is 350 g/mol. The number of rotatable bonds is 6. The van der Waals surface area contributed by atoms with Crippen molar-refractivity contribution in [2.75, 3.05) is 26.7 Å². The van der Waals surface area contributed by atoms with Gasteiger partial charge in [-0.1, -0.05) is 13.8 Å². The molecular weight excluding hydrogens is 321 g/mol. The van der Waals surface area contributed by atoms with Crippen molar-refractivity contribution in [1.29, 1.82) is 0 Å². The quantitative estimate of drug-likeness (QED) is 0.572. The number of likely N-dealkylation sites (tertiary alicyclic amines) is 1. The second-order valence-electron chi connectivity index (χ2n) is 6.12. The zero-order valence-corrected chi connectivity index (χ0v) is 14.7. The third-order valence-electron chi connectivity index (χ3n) is 4.41. The minimum absolute atomic E-state index is 0.0892. The summed E-state index contributed by atoms with van der Waals surface area (Å²) in [4.78, 5) is 18.2. The number of guanidine groups is 1. The van der Waals surface area contributed by atoms with Crippen LogP contribution in [0.4, 0.5) is 13.2 Å². The van der Waals surface area contributed by atoms with Crippen LogP contribution in [-0.2, 0) is 4.79 Å². The lowest BCUT2D eigenvalue weighted by Crippen LogP contribution is -2.50. The maximum absolute atomic E-state index is 12.3. The van der Waals surface area contributed by atoms with E-state index >= 15 is 0 Å². The van der Waals surface area contributed by atoms with Gasteiger partial charge in [-0.2, -0.15) is 13.2 Å². The molecular formula is C16H29F3N4O. The molecule has 1 rings (SSSR count). The highest BCUT2D eigenvalue weighted by Gasteiger charge is 2.28. The molecule has 140 valence electrons. The van der Waals surface area contributed by atoms with Gasteiger partial charge in [0, 0.05) is 38.6 Å². The summed E-state index contributed by atoms with van der Waals surface area (Å²) in [6.45, 7) is 5.20. The number of piperidine rings is 1. The average Bonchev–Trinajstić information content (AvgIpc) is 2.54. The van der Waals surface area contributed by atoms with Crippen LogP contribution in [0.5, 0.6) is 0 Å². The van der Waals surface area contributed by atoms with E-state index in [0.717, 1.165) is 25.7 Å². The molecule has 2 N–H and O–H groups in total. The van der Waals surface area contributed by atoms with Gasteiger partial charge in [0.1, 0.15) is 0 Å². The molecule has 8 heteroatoms. The number of carbonyl (C=O) groups excluding carboxylic acids is 1. The predicted octanol–water partition coefficient (Wildman–Crippen LogP) is 2.53. The summed E-state index contributed by atoms with van der Waals surface area (Å²) in [5, 5.41) is 5.82. The normalized spacial score (nSPS) is 17.3. The first-order chi connectivity index (χ1) is 11.3. The van der Waals surface area contributed by atoms with E-state index in [9.17, 15) is 18.0 Å². The fourth-order valence-corrected chi connectivity index (χ4v) is 2.85. The molecule has 1 aliphatic rings. The summed E-state index contributed by atoms with van der Waals surface area (Å²) in [6.07, 6.45) is -1.83. The van der Waals surface area contributed by atoms with Gasteiger partial charge >= 0.3 is 6.18 Å². The molecule has 1 saturated heterocycles. The number of nitrogens with one attached hydrogen (secondary N) is 2. The third kappa shape index (κ3) is 6.97. The van der Waals surface area contributed by atoms with Gasteiger partial charge < -0.3 is 15.5 Å². The molecule has 0 bridgehead atoms. The van der Waals surface area contributed by atoms with E-state index in [0.29, 0.717) is 19.0 Å². The van der Waals surface area contributed by atoms with E-state index in [1.807, 2.05) is 18.7 Å². The van der Waals surface area contributed by atoms with Crippen LogP contribution in [0.3, 0.4) is 0 Å². The highest BCUT2D eigenvalue weighted by atomic mass is 19.4. The molecule has 1 aliphatic heterocycles. The number of aliphatic imine (C=N–C) groups is 1. The molecule has 0 unspecified atom stereocenters. The number of amides is 1. The van der Waals surface area contributed by atoms with Crippen molar-refractivity contribution >= 4 is 11.9 Å². The van der Waals surface area contributed by atoms with Crippen LogP contribution < -0.4 is 10.6 Å². The van der Waals surface area contributed by atoms with Gasteiger partial charge in [0.05, 0.1) is 6.42 Å². The highest BCUT2D eigenvalue weighted by Crippen LogP contribution is 2.19. The maximum atomic E-state index is 12.3. The Kier molecular flexibility index (Phi) is 8.35. The Labute approximate surface area is 142 Å². The van der Waals surface area contributed by atoms with Crippen molar-refractivity contribution < 1.29 is 18.0 Å². The Morgan fingerprint density at radius 2 is 1.83 bits per heavy atom. The van der Waals surface area contributed by atoms with Gasteiger partial charge in [-0.3, -0.25) is 9.79 Å². The fraction of sp³-hybridized carbons (Fsp3) is 0.875. The maximum Gasteiger partial charge on any atom is 0.390 e. The zero-order chi connectivity index (χ0) is 18.2. The minimum atomic E-state index is -4.17. The van der Waals surface area contributed by atoms with E-state index in [1.54, 1.807) is 0 Å². The standard InChI is InChI=1S/C16H29F3N4O/c1-4-12(5-2)14(24)23-10-6-13(7-11-23)22-15(20-3)21-9-8-16(17,18)19/h12-13H,4-11H2,1-3H3,(H2,20,21,22). The van der Waals surface area contributed by atoms with Crippen molar-refractivity contribution in [3.8, 4) is 0 Å². The smallest absolute Gasteiger partial charge is 0.356 e. The SMILES string of the molecule is CCC(CC)C(=O)N1CCC(NC(=NC)NCCC(F)(F)F)CC1. The molecule has 0 aromatic carbocycles. The fourth-order valence-electron chi connectivity index (χ4n) is 2.85. The van der Waals surface area contributed by atoms with E-state index in [2.05, 4.69) is 15.6 Å². The van der Waals surface area contributed by atoms with E-state index in [4.69, 9.17) is 0 Å². The number of hydrogen-bond acceptors (Lipinski definition) is 2. The van der Waals surface area contributed by atoms with Crippen LogP contribution in [0.2, 0.25) is 0 Å². The number of nitrogens with zero attached hydrogens (tertiary/aromatic N) is 2. The van der Waals surface area contributed by atoms with Gasteiger partial charge in [-0.25, -0.2) is 0 Å². The summed E-state index contributed by atoms with van der Waals surface area (Å²) in [7, 11) is 1.54. The minimum Gasteiger partial charge on any atom is -0.356 e. The summed E-state index contributed by atoms with van der Waals surface area (Å²) in [6, 6.07) is 0.118. The van der Waals surface area contributed by atoms with Crippen molar-refractivity contribution in [2.24, 2.45) is 10.9 Å². The van der Waals surface area contributed by atoms with E-state index in [1.165, 1.54) is 7.05 Å². The lowest BCUT2D eigenvalue weighted by molar-refractivity contribution is -0.137. The first kappa shape index (κ1) is 20.6. The van der Waals surface area contributed by atoms with Crippen LogP contribution in [0.15, 0.2) is 4.99 Å². The van der Waals surface area contributed by atoms with Crippen LogP contribution in [0, 0.1) is 5.92 Å². The largest absolute Gasteiger partial charge is 0.390 e. The molecule has 0 aromatic rings. The molecule has 0 atom stereocenters. The van der Waals surface area contributed by atoms with Crippen molar-refractivity contribution in [3.63, 3.8) is 0 Å². The molecule has 0 aliphatic carbocycles. The van der Waals surface area contributed by atoms with Gasteiger partial charge in [0.15, 0.2) is 5.96 Å².